The number of sulfonamides is 1. The van der Waals surface area contributed by atoms with Crippen LogP contribution >= 0.6 is 0 Å². The van der Waals surface area contributed by atoms with Crippen LogP contribution in [0.3, 0.4) is 0 Å². The number of carbonyl (C=O) groups excluding carboxylic acids is 1. The predicted molar refractivity (Wildman–Crippen MR) is 95.1 cm³/mol. The van der Waals surface area contributed by atoms with E-state index in [1.165, 1.54) is 12.1 Å². The maximum Gasteiger partial charge on any atom is 0.326 e. The molecule has 0 aliphatic heterocycles. The summed E-state index contributed by atoms with van der Waals surface area (Å²) < 4.78 is 49.8. The van der Waals surface area contributed by atoms with Crippen molar-refractivity contribution in [3.05, 3.63) is 67.0 Å². The minimum Gasteiger partial charge on any atom is -0.490 e. The van der Waals surface area contributed by atoms with Crippen LogP contribution in [0.4, 0.5) is 10.1 Å². The highest BCUT2D eigenvalue weighted by molar-refractivity contribution is 7.92. The van der Waals surface area contributed by atoms with E-state index < -0.39 is 28.4 Å². The van der Waals surface area contributed by atoms with Gasteiger partial charge in [0.2, 0.25) is 0 Å². The molecule has 26 heavy (non-hydrogen) atoms. The van der Waals surface area contributed by atoms with E-state index in [0.717, 1.165) is 35.7 Å². The molecule has 6 nitrogen and oxygen atoms in total. The van der Waals surface area contributed by atoms with E-state index in [4.69, 9.17) is 4.74 Å². The molecule has 0 aliphatic carbocycles. The van der Waals surface area contributed by atoms with Gasteiger partial charge in [0.05, 0.1) is 17.7 Å². The van der Waals surface area contributed by atoms with Crippen molar-refractivity contribution in [1.82, 2.24) is 0 Å². The molecular weight excluding hydrogens is 361 g/mol. The minimum atomic E-state index is -4.10. The summed E-state index contributed by atoms with van der Waals surface area (Å²) in [5.41, 5.74) is 0.241. The lowest BCUT2D eigenvalue weighted by molar-refractivity contribution is -0.138. The number of carbonyl (C=O) groups is 1. The van der Waals surface area contributed by atoms with Gasteiger partial charge in [0, 0.05) is 0 Å². The molecule has 0 spiro atoms. The predicted octanol–water partition coefficient (Wildman–Crippen LogP) is 2.76. The van der Waals surface area contributed by atoms with Crippen molar-refractivity contribution in [3.63, 3.8) is 0 Å². The van der Waals surface area contributed by atoms with Gasteiger partial charge in [-0.05, 0) is 48.5 Å². The van der Waals surface area contributed by atoms with Gasteiger partial charge in [-0.25, -0.2) is 12.8 Å². The number of methoxy groups -OCH3 is 1. The van der Waals surface area contributed by atoms with Crippen LogP contribution < -0.4 is 9.04 Å². The standard InChI is InChI=1S/C18H18FNO5S/c1-3-12-25-16-8-6-15(7-9-16)20(13-18(21)24-2)26(22,23)17-10-4-14(19)5-11-17/h3-11H,1,12-13H2,2H3. The van der Waals surface area contributed by atoms with Gasteiger partial charge < -0.3 is 9.47 Å². The van der Waals surface area contributed by atoms with Crippen molar-refractivity contribution < 1.29 is 27.1 Å². The Morgan fingerprint density at radius 2 is 1.77 bits per heavy atom. The fourth-order valence-electron chi connectivity index (χ4n) is 2.09. The number of hydrogen-bond acceptors (Lipinski definition) is 5. The third-order valence-corrected chi connectivity index (χ3v) is 5.18. The van der Waals surface area contributed by atoms with Crippen LogP contribution in [0.2, 0.25) is 0 Å². The molecule has 0 unspecified atom stereocenters. The summed E-state index contributed by atoms with van der Waals surface area (Å²) in [6.07, 6.45) is 1.58. The van der Waals surface area contributed by atoms with E-state index in [2.05, 4.69) is 11.3 Å². The van der Waals surface area contributed by atoms with Gasteiger partial charge in [-0.1, -0.05) is 12.7 Å². The first-order valence-corrected chi connectivity index (χ1v) is 9.01. The van der Waals surface area contributed by atoms with Crippen LogP contribution in [0, 0.1) is 5.82 Å². The summed E-state index contributed by atoms with van der Waals surface area (Å²) in [7, 11) is -2.93. The second-order valence-corrected chi connectivity index (χ2v) is 7.00. The van der Waals surface area contributed by atoms with Gasteiger partial charge in [0.25, 0.3) is 10.0 Å². The molecule has 0 N–H and O–H groups in total. The Kier molecular flexibility index (Phi) is 6.35. The smallest absolute Gasteiger partial charge is 0.326 e. The molecule has 0 radical (unpaired) electrons. The number of ether oxygens (including phenoxy) is 2. The van der Waals surface area contributed by atoms with Gasteiger partial charge in [-0.15, -0.1) is 0 Å². The lowest BCUT2D eigenvalue weighted by atomic mass is 10.3. The second-order valence-electron chi connectivity index (χ2n) is 5.14. The van der Waals surface area contributed by atoms with Crippen LogP contribution in [-0.2, 0) is 19.6 Å². The fourth-order valence-corrected chi connectivity index (χ4v) is 3.50. The van der Waals surface area contributed by atoms with Crippen molar-refractivity contribution in [2.24, 2.45) is 0 Å². The first-order chi connectivity index (χ1) is 12.4. The van der Waals surface area contributed by atoms with Crippen molar-refractivity contribution in [3.8, 4) is 5.75 Å². The zero-order valence-corrected chi connectivity index (χ0v) is 14.9. The zero-order chi connectivity index (χ0) is 19.2. The summed E-state index contributed by atoms with van der Waals surface area (Å²) in [4.78, 5) is 11.6. The van der Waals surface area contributed by atoms with Crippen LogP contribution in [0.25, 0.3) is 0 Å². The number of rotatable bonds is 8. The third kappa shape index (κ3) is 4.60. The molecule has 0 amide bonds. The van der Waals surface area contributed by atoms with E-state index in [0.29, 0.717) is 12.4 Å². The number of nitrogens with zero attached hydrogens (tertiary/aromatic N) is 1. The van der Waals surface area contributed by atoms with E-state index in [1.54, 1.807) is 18.2 Å². The Morgan fingerprint density at radius 1 is 1.15 bits per heavy atom. The Morgan fingerprint density at radius 3 is 2.31 bits per heavy atom. The highest BCUT2D eigenvalue weighted by atomic mass is 32.2. The quantitative estimate of drug-likeness (QED) is 0.521. The summed E-state index contributed by atoms with van der Waals surface area (Å²) in [5, 5.41) is 0. The fraction of sp³-hybridized carbons (Fsp3) is 0.167. The Bertz CT molecular complexity index is 863. The molecule has 138 valence electrons. The molecule has 0 heterocycles. The molecule has 2 rings (SSSR count). The number of benzene rings is 2. The van der Waals surface area contributed by atoms with Crippen LogP contribution in [0.5, 0.6) is 5.75 Å². The van der Waals surface area contributed by atoms with Crippen LogP contribution in [-0.4, -0.2) is 34.6 Å². The molecule has 0 saturated heterocycles. The number of hydrogen-bond donors (Lipinski definition) is 0. The summed E-state index contributed by atoms with van der Waals surface area (Å²) >= 11 is 0. The maximum atomic E-state index is 13.1. The molecule has 0 aromatic heterocycles. The van der Waals surface area contributed by atoms with E-state index in [1.807, 2.05) is 0 Å². The van der Waals surface area contributed by atoms with E-state index in [-0.39, 0.29) is 10.6 Å². The molecule has 2 aromatic rings. The SMILES string of the molecule is C=CCOc1ccc(N(CC(=O)OC)S(=O)(=O)c2ccc(F)cc2)cc1. The van der Waals surface area contributed by atoms with Crippen molar-refractivity contribution in [2.75, 3.05) is 24.6 Å². The van der Waals surface area contributed by atoms with Crippen molar-refractivity contribution in [2.45, 2.75) is 4.90 Å². The monoisotopic (exact) mass is 379 g/mol. The highest BCUT2D eigenvalue weighted by Gasteiger charge is 2.27. The first-order valence-electron chi connectivity index (χ1n) is 7.57. The van der Waals surface area contributed by atoms with Crippen molar-refractivity contribution >= 4 is 21.7 Å². The minimum absolute atomic E-state index is 0.144. The lowest BCUT2D eigenvalue weighted by Crippen LogP contribution is -2.36. The molecule has 0 atom stereocenters. The first kappa shape index (κ1) is 19.5. The van der Waals surface area contributed by atoms with E-state index >= 15 is 0 Å². The second kappa shape index (κ2) is 8.48. The largest absolute Gasteiger partial charge is 0.490 e. The molecular formula is C18H18FNO5S. The van der Waals surface area contributed by atoms with Crippen molar-refractivity contribution in [1.29, 1.82) is 0 Å². The normalized spacial score (nSPS) is 10.8. The van der Waals surface area contributed by atoms with Gasteiger partial charge in [-0.2, -0.15) is 0 Å². The Balaban J connectivity index is 2.40. The zero-order valence-electron chi connectivity index (χ0n) is 14.1. The topological polar surface area (TPSA) is 72.9 Å². The number of esters is 1. The molecule has 0 aliphatic rings. The van der Waals surface area contributed by atoms with Gasteiger partial charge in [0.15, 0.2) is 0 Å². The summed E-state index contributed by atoms with van der Waals surface area (Å²) in [6, 6.07) is 10.5. The maximum absolute atomic E-state index is 13.1. The highest BCUT2D eigenvalue weighted by Crippen LogP contribution is 2.26. The van der Waals surface area contributed by atoms with Gasteiger partial charge in [-0.3, -0.25) is 9.10 Å². The molecule has 0 fully saturated rings. The molecule has 8 heteroatoms. The number of halogens is 1. The summed E-state index contributed by atoms with van der Waals surface area (Å²) in [5.74, 6) is -0.777. The van der Waals surface area contributed by atoms with Crippen LogP contribution in [0.15, 0.2) is 66.1 Å². The molecule has 0 saturated carbocycles. The van der Waals surface area contributed by atoms with E-state index in [9.17, 15) is 17.6 Å². The average molecular weight is 379 g/mol. The Labute approximate surface area is 151 Å². The van der Waals surface area contributed by atoms with Crippen LogP contribution in [0.1, 0.15) is 0 Å². The number of anilines is 1. The average Bonchev–Trinajstić information content (AvgIpc) is 2.65. The third-order valence-electron chi connectivity index (χ3n) is 3.39. The van der Waals surface area contributed by atoms with Gasteiger partial charge >= 0.3 is 5.97 Å². The molecule has 2 aromatic carbocycles. The Hall–Kier alpha value is -2.87. The molecule has 0 bridgehead atoms. The summed E-state index contributed by atoms with van der Waals surface area (Å²) in [6.45, 7) is 3.32. The van der Waals surface area contributed by atoms with Gasteiger partial charge in [0.1, 0.15) is 24.7 Å². The lowest BCUT2D eigenvalue weighted by Gasteiger charge is -2.23.